The van der Waals surface area contributed by atoms with E-state index >= 15 is 0 Å². The van der Waals surface area contributed by atoms with Crippen LogP contribution in [-0.4, -0.2) is 24.8 Å². The average molecular weight is 318 g/mol. The van der Waals surface area contributed by atoms with Crippen LogP contribution in [0.1, 0.15) is 11.1 Å². The Morgan fingerprint density at radius 3 is 2.68 bits per heavy atom. The summed E-state index contributed by atoms with van der Waals surface area (Å²) in [4.78, 5) is 17.9. The number of halogens is 2. The zero-order chi connectivity index (χ0) is 15.9. The van der Waals surface area contributed by atoms with Crippen LogP contribution in [-0.2, 0) is 4.79 Å². The zero-order valence-electron chi connectivity index (χ0n) is 11.8. The molecule has 0 spiro atoms. The smallest absolute Gasteiger partial charge is 0.266 e. The van der Waals surface area contributed by atoms with Gasteiger partial charge in [0.25, 0.3) is 5.91 Å². The third-order valence-corrected chi connectivity index (χ3v) is 3.79. The first-order valence-electron chi connectivity index (χ1n) is 6.65. The third-order valence-electron chi connectivity index (χ3n) is 3.56. The number of benzene rings is 2. The van der Waals surface area contributed by atoms with Crippen LogP contribution in [0, 0.1) is 5.82 Å². The molecule has 2 N–H and O–H groups in total. The van der Waals surface area contributed by atoms with E-state index < -0.39 is 12.0 Å². The summed E-state index contributed by atoms with van der Waals surface area (Å²) >= 11 is 6.06. The number of aliphatic imine (C=N–C) groups is 1. The number of hydrogen-bond acceptors (Lipinski definition) is 3. The number of hydrogen-bond donors (Lipinski definition) is 1. The number of likely N-dealkylation sites (N-methyl/N-ethyl adjacent to an activating group) is 1. The summed E-state index contributed by atoms with van der Waals surface area (Å²) in [7, 11) is 1.61. The van der Waals surface area contributed by atoms with Crippen LogP contribution in [0.3, 0.4) is 0 Å². The van der Waals surface area contributed by atoms with Gasteiger partial charge >= 0.3 is 0 Å². The van der Waals surface area contributed by atoms with Gasteiger partial charge in [-0.3, -0.25) is 9.79 Å². The van der Waals surface area contributed by atoms with E-state index in [1.807, 2.05) is 0 Å². The van der Waals surface area contributed by atoms with Gasteiger partial charge in [0.2, 0.25) is 0 Å². The molecule has 1 unspecified atom stereocenters. The molecule has 0 aromatic heterocycles. The molecule has 1 aliphatic heterocycles. The average Bonchev–Trinajstić information content (AvgIpc) is 2.59. The van der Waals surface area contributed by atoms with Gasteiger partial charge in [0.15, 0.2) is 6.17 Å². The van der Waals surface area contributed by atoms with Gasteiger partial charge in [0, 0.05) is 23.2 Å². The maximum atomic E-state index is 14.2. The number of rotatable bonds is 1. The predicted molar refractivity (Wildman–Crippen MR) is 84.9 cm³/mol. The van der Waals surface area contributed by atoms with Crippen molar-refractivity contribution in [2.24, 2.45) is 10.7 Å². The van der Waals surface area contributed by atoms with E-state index in [1.54, 1.807) is 43.4 Å². The second-order valence-electron chi connectivity index (χ2n) is 4.96. The number of nitrogens with zero attached hydrogens (tertiary/aromatic N) is 2. The molecule has 0 fully saturated rings. The van der Waals surface area contributed by atoms with Gasteiger partial charge in [-0.05, 0) is 30.3 Å². The van der Waals surface area contributed by atoms with Crippen LogP contribution >= 0.6 is 11.6 Å². The summed E-state index contributed by atoms with van der Waals surface area (Å²) < 4.78 is 14.2. The fourth-order valence-corrected chi connectivity index (χ4v) is 2.61. The fraction of sp³-hybridized carbons (Fsp3) is 0.125. The van der Waals surface area contributed by atoms with Crippen molar-refractivity contribution < 1.29 is 9.18 Å². The van der Waals surface area contributed by atoms with Crippen LogP contribution in [0.2, 0.25) is 5.02 Å². The van der Waals surface area contributed by atoms with Crippen LogP contribution in [0.4, 0.5) is 10.1 Å². The molecule has 0 bridgehead atoms. The number of anilines is 1. The van der Waals surface area contributed by atoms with Crippen molar-refractivity contribution in [1.29, 1.82) is 0 Å². The Hall–Kier alpha value is -2.24. The Kier molecular flexibility index (Phi) is 3.68. The SMILES string of the molecule is CN1C(=O)C(N)N=C(c2ccccc2F)c2cc(Cl)ccc21. The van der Waals surface area contributed by atoms with Crippen molar-refractivity contribution in [1.82, 2.24) is 0 Å². The number of fused-ring (bicyclic) bond motifs is 1. The molecule has 1 atom stereocenters. The molecule has 2 aromatic carbocycles. The van der Waals surface area contributed by atoms with E-state index in [1.165, 1.54) is 11.0 Å². The largest absolute Gasteiger partial charge is 0.312 e. The first-order chi connectivity index (χ1) is 10.5. The number of carbonyl (C=O) groups excluding carboxylic acids is 1. The van der Waals surface area contributed by atoms with Gasteiger partial charge in [-0.15, -0.1) is 0 Å². The van der Waals surface area contributed by atoms with Crippen LogP contribution < -0.4 is 10.6 Å². The van der Waals surface area contributed by atoms with E-state index in [2.05, 4.69) is 4.99 Å². The lowest BCUT2D eigenvalue weighted by Crippen LogP contribution is -2.39. The highest BCUT2D eigenvalue weighted by molar-refractivity contribution is 6.32. The van der Waals surface area contributed by atoms with Crippen molar-refractivity contribution in [2.75, 3.05) is 11.9 Å². The lowest BCUT2D eigenvalue weighted by molar-refractivity contribution is -0.119. The molecular formula is C16H13ClFN3O. The number of benzodiazepines with no additional fused rings is 1. The Balaban J connectivity index is 2.31. The molecule has 0 saturated carbocycles. The van der Waals surface area contributed by atoms with Crippen molar-refractivity contribution in [2.45, 2.75) is 6.17 Å². The molecular weight excluding hydrogens is 305 g/mol. The van der Waals surface area contributed by atoms with Crippen LogP contribution in [0.5, 0.6) is 0 Å². The van der Waals surface area contributed by atoms with E-state index in [-0.39, 0.29) is 11.5 Å². The molecule has 22 heavy (non-hydrogen) atoms. The van der Waals surface area contributed by atoms with Crippen molar-refractivity contribution >= 4 is 28.9 Å². The summed E-state index contributed by atoms with van der Waals surface area (Å²) in [5, 5.41) is 0.471. The molecule has 0 aliphatic carbocycles. The summed E-state index contributed by atoms with van der Waals surface area (Å²) in [6.07, 6.45) is -1.09. The van der Waals surface area contributed by atoms with E-state index in [0.717, 1.165) is 0 Å². The fourth-order valence-electron chi connectivity index (χ4n) is 2.44. The number of carbonyl (C=O) groups is 1. The molecule has 0 radical (unpaired) electrons. The van der Waals surface area contributed by atoms with Crippen LogP contribution in [0.25, 0.3) is 0 Å². The second-order valence-corrected chi connectivity index (χ2v) is 5.40. The van der Waals surface area contributed by atoms with Gasteiger partial charge in [0.1, 0.15) is 5.82 Å². The first kappa shape index (κ1) is 14.7. The summed E-state index contributed by atoms with van der Waals surface area (Å²) in [5.41, 5.74) is 7.59. The van der Waals surface area contributed by atoms with Crippen LogP contribution in [0.15, 0.2) is 47.5 Å². The molecule has 6 heteroatoms. The van der Waals surface area contributed by atoms with Gasteiger partial charge in [-0.25, -0.2) is 4.39 Å². The molecule has 0 saturated heterocycles. The second kappa shape index (κ2) is 5.51. The molecule has 3 rings (SSSR count). The highest BCUT2D eigenvalue weighted by atomic mass is 35.5. The van der Waals surface area contributed by atoms with Crippen molar-refractivity contribution in [3.05, 3.63) is 64.4 Å². The molecule has 1 aliphatic rings. The van der Waals surface area contributed by atoms with Crippen molar-refractivity contribution in [3.8, 4) is 0 Å². The predicted octanol–water partition coefficient (Wildman–Crippen LogP) is 2.58. The molecule has 2 aromatic rings. The third kappa shape index (κ3) is 2.38. The van der Waals surface area contributed by atoms with Gasteiger partial charge in [-0.1, -0.05) is 23.7 Å². The van der Waals surface area contributed by atoms with E-state index in [4.69, 9.17) is 17.3 Å². The van der Waals surface area contributed by atoms with Crippen molar-refractivity contribution in [3.63, 3.8) is 0 Å². The minimum absolute atomic E-state index is 0.282. The summed E-state index contributed by atoms with van der Waals surface area (Å²) in [6.45, 7) is 0. The maximum absolute atomic E-state index is 14.2. The normalized spacial score (nSPS) is 17.8. The maximum Gasteiger partial charge on any atom is 0.266 e. The highest BCUT2D eigenvalue weighted by Crippen LogP contribution is 2.30. The minimum Gasteiger partial charge on any atom is -0.312 e. The van der Waals surface area contributed by atoms with Gasteiger partial charge in [0.05, 0.1) is 11.4 Å². The summed E-state index contributed by atoms with van der Waals surface area (Å²) in [5.74, 6) is -0.800. The number of nitrogens with two attached hydrogens (primary N) is 1. The monoisotopic (exact) mass is 317 g/mol. The Morgan fingerprint density at radius 1 is 1.23 bits per heavy atom. The standard InChI is InChI=1S/C16H13ClFN3O/c1-21-13-7-6-9(17)8-11(13)14(20-15(19)16(21)22)10-4-2-3-5-12(10)18/h2-8,15H,19H2,1H3. The minimum atomic E-state index is -1.09. The topological polar surface area (TPSA) is 58.7 Å². The lowest BCUT2D eigenvalue weighted by atomic mass is 10.00. The van der Waals surface area contributed by atoms with E-state index in [9.17, 15) is 9.18 Å². The molecule has 1 amide bonds. The zero-order valence-corrected chi connectivity index (χ0v) is 12.5. The van der Waals surface area contributed by atoms with Gasteiger partial charge in [-0.2, -0.15) is 0 Å². The van der Waals surface area contributed by atoms with Gasteiger partial charge < -0.3 is 10.6 Å². The van der Waals surface area contributed by atoms with E-state index in [0.29, 0.717) is 22.0 Å². The Labute approximate surface area is 132 Å². The Morgan fingerprint density at radius 2 is 1.95 bits per heavy atom. The lowest BCUT2D eigenvalue weighted by Gasteiger charge is -2.19. The summed E-state index contributed by atoms with van der Waals surface area (Å²) in [6, 6.07) is 11.2. The molecule has 112 valence electrons. The number of amides is 1. The Bertz CT molecular complexity index is 791. The molecule has 1 heterocycles. The quantitative estimate of drug-likeness (QED) is 0.879. The first-order valence-corrected chi connectivity index (χ1v) is 7.02. The molecule has 4 nitrogen and oxygen atoms in total. The highest BCUT2D eigenvalue weighted by Gasteiger charge is 2.28.